The number of halogens is 1. The van der Waals surface area contributed by atoms with E-state index in [0.29, 0.717) is 15.9 Å². The lowest BCUT2D eigenvalue weighted by Crippen LogP contribution is -2.22. The molecule has 6 heteroatoms. The lowest BCUT2D eigenvalue weighted by Gasteiger charge is -2.11. The van der Waals surface area contributed by atoms with E-state index in [0.717, 1.165) is 0 Å². The van der Waals surface area contributed by atoms with Gasteiger partial charge in [-0.3, -0.25) is 9.78 Å². The smallest absolute Gasteiger partial charge is 0.313 e. The van der Waals surface area contributed by atoms with Crippen LogP contribution in [0.15, 0.2) is 16.7 Å². The van der Waals surface area contributed by atoms with Crippen LogP contribution in [0.1, 0.15) is 11.6 Å². The number of hydrogen-bond acceptors (Lipinski definition) is 4. The number of pyridine rings is 1. The van der Waals surface area contributed by atoms with E-state index in [2.05, 4.69) is 20.9 Å². The van der Waals surface area contributed by atoms with E-state index < -0.39 is 11.9 Å². The van der Waals surface area contributed by atoms with Crippen molar-refractivity contribution in [2.24, 2.45) is 5.73 Å². The minimum Gasteiger partial charge on any atom is -0.495 e. The van der Waals surface area contributed by atoms with Gasteiger partial charge >= 0.3 is 5.97 Å². The minimum absolute atomic E-state index is 0.00706. The summed E-state index contributed by atoms with van der Waals surface area (Å²) < 4.78 is 5.72. The highest BCUT2D eigenvalue weighted by atomic mass is 79.9. The molecule has 0 aromatic carbocycles. The first-order valence-corrected chi connectivity index (χ1v) is 5.01. The number of nitrogens with zero attached hydrogens (tertiary/aromatic N) is 1. The standard InChI is InChI=1S/C9H11BrN2O3/c1-15-8-2-7(12-4-6(8)10)5(3-11)9(13)14/h2,4-5H,3,11H2,1H3,(H,13,14). The van der Waals surface area contributed by atoms with Crippen LogP contribution in [0.5, 0.6) is 5.75 Å². The summed E-state index contributed by atoms with van der Waals surface area (Å²) >= 11 is 3.23. The molecule has 82 valence electrons. The maximum atomic E-state index is 10.8. The largest absolute Gasteiger partial charge is 0.495 e. The molecule has 0 aliphatic carbocycles. The predicted octanol–water partition coefficient (Wildman–Crippen LogP) is 0.980. The summed E-state index contributed by atoms with van der Waals surface area (Å²) in [4.78, 5) is 14.8. The average Bonchev–Trinajstić information content (AvgIpc) is 2.21. The molecule has 0 radical (unpaired) electrons. The van der Waals surface area contributed by atoms with Gasteiger partial charge in [0.25, 0.3) is 0 Å². The quantitative estimate of drug-likeness (QED) is 0.855. The highest BCUT2D eigenvalue weighted by Gasteiger charge is 2.20. The van der Waals surface area contributed by atoms with Crippen molar-refractivity contribution >= 4 is 21.9 Å². The van der Waals surface area contributed by atoms with Crippen LogP contribution < -0.4 is 10.5 Å². The van der Waals surface area contributed by atoms with Crippen molar-refractivity contribution in [3.8, 4) is 5.75 Å². The van der Waals surface area contributed by atoms with Crippen LogP contribution in [0.3, 0.4) is 0 Å². The fourth-order valence-electron chi connectivity index (χ4n) is 1.13. The highest BCUT2D eigenvalue weighted by molar-refractivity contribution is 9.10. The molecule has 3 N–H and O–H groups in total. The first-order valence-electron chi connectivity index (χ1n) is 4.22. The zero-order valence-corrected chi connectivity index (χ0v) is 9.69. The van der Waals surface area contributed by atoms with Crippen molar-refractivity contribution in [2.75, 3.05) is 13.7 Å². The van der Waals surface area contributed by atoms with Crippen LogP contribution in [-0.2, 0) is 4.79 Å². The Morgan fingerprint density at radius 2 is 2.47 bits per heavy atom. The number of hydrogen-bond donors (Lipinski definition) is 2. The molecule has 1 unspecified atom stereocenters. The third-order valence-electron chi connectivity index (χ3n) is 1.95. The van der Waals surface area contributed by atoms with E-state index in [9.17, 15) is 4.79 Å². The third-order valence-corrected chi connectivity index (χ3v) is 2.55. The van der Waals surface area contributed by atoms with Gasteiger partial charge in [0.2, 0.25) is 0 Å². The summed E-state index contributed by atoms with van der Waals surface area (Å²) in [6, 6.07) is 1.57. The second-order valence-corrected chi connectivity index (χ2v) is 3.72. The van der Waals surface area contributed by atoms with Crippen LogP contribution in [0, 0.1) is 0 Å². The second kappa shape index (κ2) is 5.09. The topological polar surface area (TPSA) is 85.4 Å². The van der Waals surface area contributed by atoms with Gasteiger partial charge in [-0.1, -0.05) is 0 Å². The Kier molecular flexibility index (Phi) is 4.05. The Labute approximate surface area is 95.4 Å². The van der Waals surface area contributed by atoms with E-state index in [-0.39, 0.29) is 6.54 Å². The second-order valence-electron chi connectivity index (χ2n) is 2.87. The molecular weight excluding hydrogens is 264 g/mol. The molecule has 0 bridgehead atoms. The van der Waals surface area contributed by atoms with Gasteiger partial charge in [0.15, 0.2) is 0 Å². The number of rotatable bonds is 4. The molecule has 0 saturated heterocycles. The van der Waals surface area contributed by atoms with Crippen molar-refractivity contribution in [1.29, 1.82) is 0 Å². The molecule has 15 heavy (non-hydrogen) atoms. The van der Waals surface area contributed by atoms with E-state index >= 15 is 0 Å². The molecule has 0 aliphatic rings. The van der Waals surface area contributed by atoms with Crippen molar-refractivity contribution in [2.45, 2.75) is 5.92 Å². The molecular formula is C9H11BrN2O3. The third kappa shape index (κ3) is 2.66. The zero-order chi connectivity index (χ0) is 11.4. The first-order chi connectivity index (χ1) is 7.10. The maximum absolute atomic E-state index is 10.8. The first kappa shape index (κ1) is 11.9. The number of ether oxygens (including phenoxy) is 1. The Hall–Kier alpha value is -1.14. The van der Waals surface area contributed by atoms with Crippen LogP contribution in [0.25, 0.3) is 0 Å². The molecule has 1 atom stereocenters. The molecule has 1 aromatic rings. The zero-order valence-electron chi connectivity index (χ0n) is 8.11. The van der Waals surface area contributed by atoms with E-state index in [1.54, 1.807) is 6.07 Å². The lowest BCUT2D eigenvalue weighted by molar-refractivity contribution is -0.138. The number of aromatic nitrogens is 1. The number of methoxy groups -OCH3 is 1. The van der Waals surface area contributed by atoms with E-state index in [4.69, 9.17) is 15.6 Å². The van der Waals surface area contributed by atoms with Crippen LogP contribution in [0.2, 0.25) is 0 Å². The van der Waals surface area contributed by atoms with Gasteiger partial charge < -0.3 is 15.6 Å². The molecule has 0 amide bonds. The van der Waals surface area contributed by atoms with Gasteiger partial charge in [0.05, 0.1) is 17.3 Å². The molecule has 1 rings (SSSR count). The van der Waals surface area contributed by atoms with E-state index in [1.807, 2.05) is 0 Å². The SMILES string of the molecule is COc1cc(C(CN)C(=O)O)ncc1Br. The number of aliphatic carboxylic acids is 1. The van der Waals surface area contributed by atoms with Gasteiger partial charge in [-0.15, -0.1) is 0 Å². The van der Waals surface area contributed by atoms with Gasteiger partial charge in [-0.2, -0.15) is 0 Å². The Morgan fingerprint density at radius 1 is 1.80 bits per heavy atom. The summed E-state index contributed by atoms with van der Waals surface area (Å²) in [7, 11) is 1.50. The van der Waals surface area contributed by atoms with E-state index in [1.165, 1.54) is 13.3 Å². The minimum atomic E-state index is -0.991. The normalized spacial score (nSPS) is 12.2. The van der Waals surface area contributed by atoms with Crippen molar-refractivity contribution in [3.05, 3.63) is 22.4 Å². The molecule has 0 fully saturated rings. The Morgan fingerprint density at radius 3 is 2.93 bits per heavy atom. The van der Waals surface area contributed by atoms with Crippen LogP contribution in [-0.4, -0.2) is 29.7 Å². The summed E-state index contributed by atoms with van der Waals surface area (Å²) in [5.74, 6) is -1.25. The van der Waals surface area contributed by atoms with Gasteiger partial charge in [-0.05, 0) is 15.9 Å². The summed E-state index contributed by atoms with van der Waals surface area (Å²) in [6.45, 7) is 0.00706. The fraction of sp³-hybridized carbons (Fsp3) is 0.333. The molecule has 0 aliphatic heterocycles. The van der Waals surface area contributed by atoms with Crippen molar-refractivity contribution in [1.82, 2.24) is 4.98 Å². The van der Waals surface area contributed by atoms with Crippen LogP contribution >= 0.6 is 15.9 Å². The lowest BCUT2D eigenvalue weighted by atomic mass is 10.1. The summed E-state index contributed by atoms with van der Waals surface area (Å²) in [5, 5.41) is 8.89. The van der Waals surface area contributed by atoms with Crippen molar-refractivity contribution in [3.63, 3.8) is 0 Å². The highest BCUT2D eigenvalue weighted by Crippen LogP contribution is 2.26. The monoisotopic (exact) mass is 274 g/mol. The predicted molar refractivity (Wildman–Crippen MR) is 57.9 cm³/mol. The molecule has 5 nitrogen and oxygen atoms in total. The average molecular weight is 275 g/mol. The molecule has 1 aromatic heterocycles. The number of carbonyl (C=O) groups is 1. The van der Waals surface area contributed by atoms with Crippen molar-refractivity contribution < 1.29 is 14.6 Å². The number of carboxylic acid groups (broad SMARTS) is 1. The molecule has 1 heterocycles. The van der Waals surface area contributed by atoms with Crippen LogP contribution in [0.4, 0.5) is 0 Å². The fourth-order valence-corrected chi connectivity index (χ4v) is 1.51. The summed E-state index contributed by atoms with van der Waals surface area (Å²) in [6.07, 6.45) is 1.50. The van der Waals surface area contributed by atoms with Gasteiger partial charge in [-0.25, -0.2) is 0 Å². The summed E-state index contributed by atoms with van der Waals surface area (Å²) in [5.41, 5.74) is 5.76. The molecule has 0 saturated carbocycles. The number of nitrogens with two attached hydrogens (primary N) is 1. The maximum Gasteiger partial charge on any atom is 0.313 e. The Bertz CT molecular complexity index is 370. The number of carboxylic acids is 1. The Balaban J connectivity index is 3.09. The molecule has 0 spiro atoms. The van der Waals surface area contributed by atoms with Gasteiger partial charge in [0.1, 0.15) is 11.7 Å². The van der Waals surface area contributed by atoms with Gasteiger partial charge in [0, 0.05) is 18.8 Å².